The maximum Gasteiger partial charge on any atom is 0.283 e. The van der Waals surface area contributed by atoms with Crippen LogP contribution in [0.1, 0.15) is 31.4 Å². The van der Waals surface area contributed by atoms with E-state index in [4.69, 9.17) is 0 Å². The van der Waals surface area contributed by atoms with Crippen molar-refractivity contribution >= 4 is 28.6 Å². The standard InChI is InChI=1S/C19H22FN7O2/c1-6-21-15-10(2)22-9-23-17(15)24-11(3)18-25-16-13(28)8-7-12(20)14(16)19(29)27(18)26(4)5/h6-9,11,28H,1-5H3,(H,22,23,24)/b21-6-/t11-/m0/s1. The van der Waals surface area contributed by atoms with Gasteiger partial charge in [0.25, 0.3) is 5.56 Å². The zero-order valence-corrected chi connectivity index (χ0v) is 16.8. The number of nitrogens with zero attached hydrogens (tertiary/aromatic N) is 6. The number of hydrogen-bond acceptors (Lipinski definition) is 8. The predicted molar refractivity (Wildman–Crippen MR) is 110 cm³/mol. The smallest absolute Gasteiger partial charge is 0.283 e. The van der Waals surface area contributed by atoms with Gasteiger partial charge in [-0.05, 0) is 32.9 Å². The number of aromatic hydroxyl groups is 1. The van der Waals surface area contributed by atoms with E-state index in [-0.39, 0.29) is 22.5 Å². The molecule has 1 atom stereocenters. The Morgan fingerprint density at radius 2 is 2.07 bits per heavy atom. The summed E-state index contributed by atoms with van der Waals surface area (Å²) in [5.41, 5.74) is 0.532. The van der Waals surface area contributed by atoms with E-state index >= 15 is 0 Å². The molecule has 10 heteroatoms. The van der Waals surface area contributed by atoms with E-state index in [1.807, 2.05) is 6.92 Å². The highest BCUT2D eigenvalue weighted by atomic mass is 19.1. The third-order valence-corrected chi connectivity index (χ3v) is 4.36. The van der Waals surface area contributed by atoms with Crippen molar-refractivity contribution in [3.8, 4) is 5.75 Å². The highest BCUT2D eigenvalue weighted by molar-refractivity contribution is 5.84. The topological polar surface area (TPSA) is 109 Å². The number of aliphatic imine (C=N–C) groups is 1. The number of benzene rings is 1. The van der Waals surface area contributed by atoms with Crippen LogP contribution in [-0.4, -0.2) is 45.0 Å². The van der Waals surface area contributed by atoms with Gasteiger partial charge in [-0.1, -0.05) is 0 Å². The summed E-state index contributed by atoms with van der Waals surface area (Å²) in [5.74, 6) is -0.279. The minimum Gasteiger partial charge on any atom is -0.506 e. The molecule has 3 aromatic rings. The Balaban J connectivity index is 2.20. The van der Waals surface area contributed by atoms with Gasteiger partial charge in [-0.15, -0.1) is 0 Å². The van der Waals surface area contributed by atoms with Gasteiger partial charge in [0.15, 0.2) is 11.6 Å². The number of nitrogens with one attached hydrogen (secondary N) is 1. The van der Waals surface area contributed by atoms with Crippen LogP contribution in [0, 0.1) is 12.7 Å². The largest absolute Gasteiger partial charge is 0.506 e. The van der Waals surface area contributed by atoms with Gasteiger partial charge in [-0.2, -0.15) is 0 Å². The fourth-order valence-corrected chi connectivity index (χ4v) is 3.04. The van der Waals surface area contributed by atoms with Crippen molar-refractivity contribution in [3.63, 3.8) is 0 Å². The van der Waals surface area contributed by atoms with Crippen molar-refractivity contribution in [3.05, 3.63) is 46.1 Å². The Morgan fingerprint density at radius 3 is 2.72 bits per heavy atom. The highest BCUT2D eigenvalue weighted by Gasteiger charge is 2.22. The zero-order chi connectivity index (χ0) is 21.3. The summed E-state index contributed by atoms with van der Waals surface area (Å²) in [6, 6.07) is 1.69. The normalized spacial score (nSPS) is 12.5. The van der Waals surface area contributed by atoms with Gasteiger partial charge >= 0.3 is 0 Å². The van der Waals surface area contributed by atoms with Crippen molar-refractivity contribution in [1.82, 2.24) is 19.6 Å². The van der Waals surface area contributed by atoms with E-state index < -0.39 is 17.4 Å². The van der Waals surface area contributed by atoms with E-state index in [1.54, 1.807) is 34.2 Å². The third-order valence-electron chi connectivity index (χ3n) is 4.36. The number of aromatic nitrogens is 4. The zero-order valence-electron chi connectivity index (χ0n) is 16.8. The molecule has 0 saturated carbocycles. The molecule has 0 aliphatic carbocycles. The lowest BCUT2D eigenvalue weighted by atomic mass is 10.2. The lowest BCUT2D eigenvalue weighted by molar-refractivity contribution is 0.477. The van der Waals surface area contributed by atoms with Crippen LogP contribution in [0.3, 0.4) is 0 Å². The molecule has 0 fully saturated rings. The first kappa shape index (κ1) is 20.2. The van der Waals surface area contributed by atoms with Crippen LogP contribution in [0.4, 0.5) is 15.9 Å². The number of fused-ring (bicyclic) bond motifs is 1. The summed E-state index contributed by atoms with van der Waals surface area (Å²) in [7, 11) is 3.29. The van der Waals surface area contributed by atoms with E-state index in [0.717, 1.165) is 6.07 Å². The molecule has 0 radical (unpaired) electrons. The van der Waals surface area contributed by atoms with E-state index in [0.29, 0.717) is 17.2 Å². The Hall–Kier alpha value is -3.56. The second kappa shape index (κ2) is 7.82. The molecule has 29 heavy (non-hydrogen) atoms. The first-order valence-electron chi connectivity index (χ1n) is 8.94. The Labute approximate surface area is 166 Å². The van der Waals surface area contributed by atoms with E-state index in [2.05, 4.69) is 25.3 Å². The fraction of sp³-hybridized carbons (Fsp3) is 0.316. The van der Waals surface area contributed by atoms with Crippen molar-refractivity contribution in [1.29, 1.82) is 0 Å². The molecular formula is C19H22FN7O2. The summed E-state index contributed by atoms with van der Waals surface area (Å²) in [6.07, 6.45) is 3.04. The molecule has 2 N–H and O–H groups in total. The number of anilines is 1. The molecular weight excluding hydrogens is 377 g/mol. The van der Waals surface area contributed by atoms with Gasteiger partial charge in [-0.3, -0.25) is 9.79 Å². The third kappa shape index (κ3) is 3.60. The molecule has 0 amide bonds. The molecule has 1 aromatic carbocycles. The van der Waals surface area contributed by atoms with Crippen LogP contribution >= 0.6 is 0 Å². The summed E-state index contributed by atoms with van der Waals surface area (Å²) < 4.78 is 15.6. The minimum atomic E-state index is -0.746. The summed E-state index contributed by atoms with van der Waals surface area (Å²) in [4.78, 5) is 30.1. The van der Waals surface area contributed by atoms with Crippen molar-refractivity contribution in [2.45, 2.75) is 26.8 Å². The number of halogens is 1. The maximum absolute atomic E-state index is 14.3. The molecule has 2 heterocycles. The predicted octanol–water partition coefficient (Wildman–Crippen LogP) is 2.43. The van der Waals surface area contributed by atoms with Crippen LogP contribution in [0.2, 0.25) is 0 Å². The van der Waals surface area contributed by atoms with Crippen LogP contribution in [0.5, 0.6) is 5.75 Å². The summed E-state index contributed by atoms with van der Waals surface area (Å²) in [5, 5.41) is 14.6. The Bertz CT molecular complexity index is 1160. The van der Waals surface area contributed by atoms with Gasteiger partial charge < -0.3 is 15.4 Å². The molecule has 9 nitrogen and oxygen atoms in total. The average molecular weight is 399 g/mol. The van der Waals surface area contributed by atoms with Gasteiger partial charge in [0, 0.05) is 20.3 Å². The lowest BCUT2D eigenvalue weighted by Gasteiger charge is -2.25. The first-order valence-corrected chi connectivity index (χ1v) is 8.94. The second-order valence-corrected chi connectivity index (χ2v) is 6.63. The second-order valence-electron chi connectivity index (χ2n) is 6.63. The fourth-order valence-electron chi connectivity index (χ4n) is 3.04. The molecule has 0 unspecified atom stereocenters. The minimum absolute atomic E-state index is 0.0950. The number of phenolic OH excluding ortho intramolecular Hbond substituents is 1. The van der Waals surface area contributed by atoms with Crippen LogP contribution in [-0.2, 0) is 0 Å². The Morgan fingerprint density at radius 1 is 1.34 bits per heavy atom. The number of aryl methyl sites for hydroxylation is 1. The summed E-state index contributed by atoms with van der Waals surface area (Å²) in [6.45, 7) is 5.37. The van der Waals surface area contributed by atoms with Gasteiger partial charge in [0.2, 0.25) is 0 Å². The lowest BCUT2D eigenvalue weighted by Crippen LogP contribution is -2.40. The van der Waals surface area contributed by atoms with Crippen molar-refractivity contribution in [2.75, 3.05) is 24.4 Å². The van der Waals surface area contributed by atoms with E-state index in [1.165, 1.54) is 22.1 Å². The molecule has 0 saturated heterocycles. The maximum atomic E-state index is 14.3. The van der Waals surface area contributed by atoms with Crippen LogP contribution < -0.4 is 15.9 Å². The monoisotopic (exact) mass is 399 g/mol. The van der Waals surface area contributed by atoms with E-state index in [9.17, 15) is 14.3 Å². The number of hydrogen-bond donors (Lipinski definition) is 2. The van der Waals surface area contributed by atoms with Crippen molar-refractivity contribution < 1.29 is 9.50 Å². The van der Waals surface area contributed by atoms with Gasteiger partial charge in [0.05, 0.1) is 11.7 Å². The molecule has 152 valence electrons. The van der Waals surface area contributed by atoms with Gasteiger partial charge in [-0.25, -0.2) is 24.0 Å². The highest BCUT2D eigenvalue weighted by Crippen LogP contribution is 2.29. The van der Waals surface area contributed by atoms with Crippen LogP contribution in [0.15, 0.2) is 28.2 Å². The number of rotatable bonds is 5. The summed E-state index contributed by atoms with van der Waals surface area (Å²) >= 11 is 0. The molecule has 0 spiro atoms. The average Bonchev–Trinajstić information content (AvgIpc) is 2.66. The molecule has 0 aliphatic heterocycles. The molecule has 3 rings (SSSR count). The Kier molecular flexibility index (Phi) is 5.44. The number of phenols is 1. The quantitative estimate of drug-likeness (QED) is 0.634. The SMILES string of the molecule is C/C=N\c1c(C)ncnc1N[C@@H](C)c1nc2c(O)ccc(F)c2c(=O)n1N(C)C. The van der Waals surface area contributed by atoms with Gasteiger partial charge in [0.1, 0.15) is 34.5 Å². The first-order chi connectivity index (χ1) is 13.8. The van der Waals surface area contributed by atoms with Crippen molar-refractivity contribution in [2.24, 2.45) is 4.99 Å². The van der Waals surface area contributed by atoms with Crippen LogP contribution in [0.25, 0.3) is 10.9 Å². The molecule has 0 bridgehead atoms. The molecule has 0 aliphatic rings. The molecule has 2 aromatic heterocycles.